The Kier molecular flexibility index (Phi) is 5.03. The lowest BCUT2D eigenvalue weighted by Gasteiger charge is -2.64. The van der Waals surface area contributed by atoms with Crippen LogP contribution in [0.15, 0.2) is 0 Å². The predicted octanol–water partition coefficient (Wildman–Crippen LogP) is 4.22. The number of aliphatic hydroxyl groups excluding tert-OH is 1. The molecule has 160 valence electrons. The van der Waals surface area contributed by atoms with E-state index in [1.54, 1.807) is 6.92 Å². The molecule has 6 saturated carbocycles. The summed E-state index contributed by atoms with van der Waals surface area (Å²) in [6, 6.07) is 0. The fourth-order valence-electron chi connectivity index (χ4n) is 7.15. The van der Waals surface area contributed by atoms with Crippen LogP contribution in [0.2, 0.25) is 0 Å². The molecule has 2 N–H and O–H groups in total. The summed E-state index contributed by atoms with van der Waals surface area (Å²) in [6.07, 6.45) is 3.87. The summed E-state index contributed by atoms with van der Waals surface area (Å²) in [5.41, 5.74) is -0.427. The van der Waals surface area contributed by atoms with E-state index >= 15 is 0 Å². The molecule has 28 heavy (non-hydrogen) atoms. The van der Waals surface area contributed by atoms with Crippen LogP contribution >= 0.6 is 23.2 Å². The lowest BCUT2D eigenvalue weighted by atomic mass is 9.43. The average Bonchev–Trinajstić information content (AvgIpc) is 2.94. The molecule has 0 aromatic rings. The first-order valence-electron chi connectivity index (χ1n) is 10.7. The van der Waals surface area contributed by atoms with E-state index in [4.69, 9.17) is 32.5 Å². The van der Waals surface area contributed by atoms with Gasteiger partial charge in [-0.2, -0.15) is 0 Å². The summed E-state index contributed by atoms with van der Waals surface area (Å²) in [4.78, 5) is 0. The number of hydrogen-bond acceptors (Lipinski definition) is 4. The fourth-order valence-corrected chi connectivity index (χ4v) is 7.37. The SMILES string of the molecule is CC1(C)[C@@H]2C[C@@H](O)[C@@](C)(O)[C@H]1C2.CC1(C)[C@@H]2C[C@H]3OB(C(Cl)Cl)O[C@@]3(C)[C@H]1C2. The Balaban J connectivity index is 0.000000143. The molecule has 7 heteroatoms. The Morgan fingerprint density at radius 3 is 1.89 bits per heavy atom. The Morgan fingerprint density at radius 1 is 0.893 bits per heavy atom. The highest BCUT2D eigenvalue weighted by molar-refractivity contribution is 6.73. The monoisotopic (exact) mass is 432 g/mol. The summed E-state index contributed by atoms with van der Waals surface area (Å²) in [5.74, 6) is 2.25. The van der Waals surface area contributed by atoms with Crippen LogP contribution in [0.3, 0.4) is 0 Å². The second-order valence-corrected chi connectivity index (χ2v) is 12.6. The smallest absolute Gasteiger partial charge is 0.404 e. The van der Waals surface area contributed by atoms with Gasteiger partial charge in [-0.1, -0.05) is 27.7 Å². The van der Waals surface area contributed by atoms with Crippen LogP contribution in [0.4, 0.5) is 0 Å². The molecule has 6 aliphatic carbocycles. The number of halogens is 2. The van der Waals surface area contributed by atoms with Crippen LogP contribution in [0.1, 0.15) is 67.2 Å². The van der Waals surface area contributed by atoms with Gasteiger partial charge >= 0.3 is 7.12 Å². The van der Waals surface area contributed by atoms with Crippen molar-refractivity contribution in [3.8, 4) is 0 Å². The van der Waals surface area contributed by atoms with Crippen molar-refractivity contribution in [3.63, 3.8) is 0 Å². The van der Waals surface area contributed by atoms with Crippen molar-refractivity contribution in [3.05, 3.63) is 0 Å². The highest BCUT2D eigenvalue weighted by atomic mass is 35.5. The summed E-state index contributed by atoms with van der Waals surface area (Å²) in [5, 5.41) is 19.7. The van der Waals surface area contributed by atoms with Crippen molar-refractivity contribution < 1.29 is 19.5 Å². The molecule has 4 nitrogen and oxygen atoms in total. The van der Waals surface area contributed by atoms with Crippen molar-refractivity contribution in [2.75, 3.05) is 0 Å². The molecular formula is C21H35BCl2O4. The third-order valence-corrected chi connectivity index (χ3v) is 9.94. The molecule has 0 amide bonds. The maximum absolute atomic E-state index is 10.0. The first-order valence-corrected chi connectivity index (χ1v) is 11.6. The second kappa shape index (κ2) is 6.49. The minimum Gasteiger partial charge on any atom is -0.404 e. The minimum absolute atomic E-state index is 0.175. The average molecular weight is 433 g/mol. The number of fused-ring (bicyclic) bond motifs is 2. The van der Waals surface area contributed by atoms with Crippen LogP contribution in [0, 0.1) is 34.5 Å². The Hall–Kier alpha value is 0.485. The normalized spacial score (nSPS) is 52.2. The molecule has 8 atom stereocenters. The van der Waals surface area contributed by atoms with Crippen molar-refractivity contribution in [2.45, 2.75) is 95.4 Å². The fraction of sp³-hybridized carbons (Fsp3) is 1.00. The van der Waals surface area contributed by atoms with E-state index in [2.05, 4.69) is 34.6 Å². The Morgan fingerprint density at radius 2 is 1.43 bits per heavy atom. The van der Waals surface area contributed by atoms with E-state index in [0.717, 1.165) is 25.2 Å². The molecule has 1 aliphatic heterocycles. The number of rotatable bonds is 1. The van der Waals surface area contributed by atoms with E-state index in [-0.39, 0.29) is 17.1 Å². The first-order chi connectivity index (χ1) is 12.7. The molecule has 0 unspecified atom stereocenters. The van der Waals surface area contributed by atoms with Gasteiger partial charge in [0.05, 0.1) is 23.4 Å². The molecule has 1 heterocycles. The Labute approximate surface area is 179 Å². The topological polar surface area (TPSA) is 58.9 Å². The summed E-state index contributed by atoms with van der Waals surface area (Å²) < 4.78 is 11.3. The van der Waals surface area contributed by atoms with Crippen LogP contribution in [-0.2, 0) is 9.31 Å². The highest BCUT2D eigenvalue weighted by Gasteiger charge is 2.68. The third kappa shape index (κ3) is 2.87. The maximum Gasteiger partial charge on any atom is 0.492 e. The van der Waals surface area contributed by atoms with Gasteiger partial charge in [0.15, 0.2) is 0 Å². The molecule has 7 fully saturated rings. The van der Waals surface area contributed by atoms with Gasteiger partial charge in [0.25, 0.3) is 0 Å². The molecular weight excluding hydrogens is 398 g/mol. The first kappa shape index (κ1) is 21.7. The molecule has 1 saturated heterocycles. The van der Waals surface area contributed by atoms with E-state index in [1.165, 1.54) is 6.42 Å². The van der Waals surface area contributed by atoms with Gasteiger partial charge in [-0.3, -0.25) is 0 Å². The summed E-state index contributed by atoms with van der Waals surface area (Å²) in [7, 11) is -0.450. The van der Waals surface area contributed by atoms with Crippen LogP contribution in [-0.4, -0.2) is 45.5 Å². The van der Waals surface area contributed by atoms with Crippen LogP contribution in [0.5, 0.6) is 0 Å². The van der Waals surface area contributed by atoms with E-state index < -0.39 is 23.6 Å². The molecule has 7 aliphatic rings. The van der Waals surface area contributed by atoms with Crippen molar-refractivity contribution in [2.24, 2.45) is 34.5 Å². The molecule has 7 rings (SSSR count). The zero-order valence-corrected chi connectivity index (χ0v) is 19.4. The van der Waals surface area contributed by atoms with E-state index in [0.29, 0.717) is 23.2 Å². The minimum atomic E-state index is -0.849. The second-order valence-electron chi connectivity index (χ2n) is 11.5. The van der Waals surface area contributed by atoms with Gasteiger partial charge in [0.1, 0.15) is 4.74 Å². The van der Waals surface area contributed by atoms with Gasteiger partial charge in [-0.15, -0.1) is 23.2 Å². The van der Waals surface area contributed by atoms with Gasteiger partial charge in [0, 0.05) is 0 Å². The van der Waals surface area contributed by atoms with Crippen molar-refractivity contribution in [1.29, 1.82) is 0 Å². The van der Waals surface area contributed by atoms with E-state index in [1.807, 2.05) is 0 Å². The van der Waals surface area contributed by atoms with Gasteiger partial charge in [0.2, 0.25) is 0 Å². The summed E-state index contributed by atoms with van der Waals surface area (Å²) >= 11 is 11.7. The standard InChI is InChI=1S/C11H17BCl2O2.C10H18O2/c1-10(2)6-4-7(10)11(3)8(5-6)15-12(16-11)9(13)14;1-9(2)6-4-7(9)10(3,12)8(11)5-6/h6-9H,4-5H2,1-3H3;6-8,11-12H,4-5H2,1-3H3/t6-,7-,8+,11-;6-,7-,8+,10-/m00/s1. The van der Waals surface area contributed by atoms with Gasteiger partial charge < -0.3 is 19.5 Å². The molecule has 0 radical (unpaired) electrons. The highest BCUT2D eigenvalue weighted by Crippen LogP contribution is 2.66. The predicted molar refractivity (Wildman–Crippen MR) is 112 cm³/mol. The van der Waals surface area contributed by atoms with Gasteiger partial charge in [-0.25, -0.2) is 0 Å². The molecule has 0 spiro atoms. The largest absolute Gasteiger partial charge is 0.492 e. The number of alkyl halides is 2. The van der Waals surface area contributed by atoms with Crippen molar-refractivity contribution >= 4 is 30.3 Å². The lowest BCUT2D eigenvalue weighted by Crippen LogP contribution is -2.66. The van der Waals surface area contributed by atoms with E-state index in [9.17, 15) is 10.2 Å². The molecule has 0 aromatic carbocycles. The van der Waals surface area contributed by atoms with Gasteiger partial charge in [-0.05, 0) is 74.0 Å². The van der Waals surface area contributed by atoms with Crippen molar-refractivity contribution in [1.82, 2.24) is 0 Å². The van der Waals surface area contributed by atoms with Crippen LogP contribution in [0.25, 0.3) is 0 Å². The maximum atomic E-state index is 10.0. The number of hydrogen-bond donors (Lipinski definition) is 2. The Bertz CT molecular complexity index is 640. The number of aliphatic hydroxyl groups is 2. The quantitative estimate of drug-likeness (QED) is 0.481. The molecule has 4 bridgehead atoms. The third-order valence-electron chi connectivity index (χ3n) is 9.53. The van der Waals surface area contributed by atoms with Crippen LogP contribution < -0.4 is 0 Å². The lowest BCUT2D eigenvalue weighted by molar-refractivity contribution is -0.245. The summed E-state index contributed by atoms with van der Waals surface area (Å²) in [6.45, 7) is 13.0. The zero-order chi connectivity index (χ0) is 20.9. The zero-order valence-electron chi connectivity index (χ0n) is 17.9. The molecule has 0 aromatic heterocycles.